The van der Waals surface area contributed by atoms with E-state index >= 15 is 0 Å². The van der Waals surface area contributed by atoms with E-state index < -0.39 is 21.1 Å². The van der Waals surface area contributed by atoms with Gasteiger partial charge < -0.3 is 0 Å². The third-order valence-electron chi connectivity index (χ3n) is 1.84. The van der Waals surface area contributed by atoms with Crippen LogP contribution in [0, 0.1) is 0 Å². The van der Waals surface area contributed by atoms with Gasteiger partial charge in [0.15, 0.2) is 0 Å². The molecule has 0 N–H and O–H groups in total. The van der Waals surface area contributed by atoms with Crippen LogP contribution >= 0.6 is 0 Å². The van der Waals surface area contributed by atoms with Crippen molar-refractivity contribution >= 4 is 28.3 Å². The predicted molar refractivity (Wildman–Crippen MR) is 57.9 cm³/mol. The normalized spacial score (nSPS) is 9.54. The molecule has 61 valence electrons. The Bertz CT molecular complexity index is 316. The number of rotatable bonds is 2. The summed E-state index contributed by atoms with van der Waals surface area (Å²) in [5.41, 5.74) is 0. The number of hydrogen-bond donors (Lipinski definition) is 0. The van der Waals surface area contributed by atoms with Crippen LogP contribution in [0.1, 0.15) is 0 Å². The second-order valence-corrected chi connectivity index (χ2v) is 6.87. The molecule has 0 aliphatic carbocycles. The standard InChI is InChI=1S/2C6H5.Sn/c2*1-2-4-6-5-3-1;/h2*1-5H;/q;;+1. The molecule has 0 nitrogen and oxygen atoms in total. The summed E-state index contributed by atoms with van der Waals surface area (Å²) in [6, 6.07) is 21.6. The third-order valence-corrected chi connectivity index (χ3v) is 5.39. The van der Waals surface area contributed by atoms with Crippen molar-refractivity contribution in [2.45, 2.75) is 0 Å². The van der Waals surface area contributed by atoms with Gasteiger partial charge in [0.1, 0.15) is 0 Å². The van der Waals surface area contributed by atoms with Gasteiger partial charge in [-0.2, -0.15) is 0 Å². The van der Waals surface area contributed by atoms with Gasteiger partial charge in [-0.1, -0.05) is 0 Å². The molecular formula is C12H10Sn+. The van der Waals surface area contributed by atoms with Crippen molar-refractivity contribution in [1.82, 2.24) is 0 Å². The summed E-state index contributed by atoms with van der Waals surface area (Å²) >= 11 is -0.517. The summed E-state index contributed by atoms with van der Waals surface area (Å²) < 4.78 is 3.08. The molecule has 1 heteroatoms. The second kappa shape index (κ2) is 4.47. The molecule has 0 aromatic heterocycles. The first-order valence-corrected chi connectivity index (χ1v) is 7.18. The quantitative estimate of drug-likeness (QED) is 0.724. The van der Waals surface area contributed by atoms with Crippen molar-refractivity contribution in [3.05, 3.63) is 60.7 Å². The van der Waals surface area contributed by atoms with E-state index in [4.69, 9.17) is 0 Å². The van der Waals surface area contributed by atoms with Crippen LogP contribution in [0.2, 0.25) is 0 Å². The van der Waals surface area contributed by atoms with Gasteiger partial charge in [0.2, 0.25) is 0 Å². The topological polar surface area (TPSA) is 0 Å². The van der Waals surface area contributed by atoms with Crippen LogP contribution in [0.4, 0.5) is 0 Å². The second-order valence-electron chi connectivity index (χ2n) is 2.86. The van der Waals surface area contributed by atoms with E-state index in [0.29, 0.717) is 0 Å². The fourth-order valence-corrected chi connectivity index (χ4v) is 4.21. The van der Waals surface area contributed by atoms with Crippen molar-refractivity contribution in [2.75, 3.05) is 0 Å². The van der Waals surface area contributed by atoms with Gasteiger partial charge in [-0.3, -0.25) is 0 Å². The average Bonchev–Trinajstić information content (AvgIpc) is 2.21. The molecular weight excluding hydrogens is 263 g/mol. The summed E-state index contributed by atoms with van der Waals surface area (Å²) in [6.07, 6.45) is 0. The van der Waals surface area contributed by atoms with E-state index in [-0.39, 0.29) is 0 Å². The molecule has 0 aliphatic heterocycles. The third kappa shape index (κ3) is 2.59. The Morgan fingerprint density at radius 3 is 1.31 bits per heavy atom. The first kappa shape index (κ1) is 8.82. The fraction of sp³-hybridized carbons (Fsp3) is 0. The molecule has 0 saturated carbocycles. The van der Waals surface area contributed by atoms with Gasteiger partial charge in [-0.25, -0.2) is 0 Å². The van der Waals surface area contributed by atoms with E-state index in [1.807, 2.05) is 0 Å². The van der Waals surface area contributed by atoms with E-state index in [1.54, 1.807) is 0 Å². The van der Waals surface area contributed by atoms with Gasteiger partial charge in [-0.15, -0.1) is 0 Å². The Kier molecular flexibility index (Phi) is 3.03. The van der Waals surface area contributed by atoms with Crippen LogP contribution in [0.5, 0.6) is 0 Å². The Morgan fingerprint density at radius 1 is 0.538 bits per heavy atom. The summed E-state index contributed by atoms with van der Waals surface area (Å²) in [4.78, 5) is 0. The van der Waals surface area contributed by atoms with Crippen molar-refractivity contribution in [3.63, 3.8) is 0 Å². The first-order chi connectivity index (χ1) is 6.45. The van der Waals surface area contributed by atoms with Gasteiger partial charge in [-0.05, 0) is 0 Å². The maximum atomic E-state index is 2.24. The zero-order chi connectivity index (χ0) is 8.93. The Hall–Kier alpha value is -0.761. The van der Waals surface area contributed by atoms with Crippen molar-refractivity contribution in [1.29, 1.82) is 0 Å². The molecule has 0 aliphatic rings. The summed E-state index contributed by atoms with van der Waals surface area (Å²) in [7, 11) is 0. The van der Waals surface area contributed by atoms with Gasteiger partial charge >= 0.3 is 89.0 Å². The Morgan fingerprint density at radius 2 is 0.923 bits per heavy atom. The number of hydrogen-bond acceptors (Lipinski definition) is 0. The van der Waals surface area contributed by atoms with E-state index in [9.17, 15) is 0 Å². The summed E-state index contributed by atoms with van der Waals surface area (Å²) in [6.45, 7) is 0. The molecule has 2 aromatic carbocycles. The van der Waals surface area contributed by atoms with Crippen LogP contribution in [0.25, 0.3) is 0 Å². The molecule has 2 aromatic rings. The molecule has 0 unspecified atom stereocenters. The van der Waals surface area contributed by atoms with Crippen LogP contribution < -0.4 is 7.16 Å². The fourth-order valence-electron chi connectivity index (χ4n) is 1.21. The van der Waals surface area contributed by atoms with Crippen LogP contribution in [-0.4, -0.2) is 21.1 Å². The van der Waals surface area contributed by atoms with Crippen molar-refractivity contribution < 1.29 is 0 Å². The molecule has 0 atom stereocenters. The maximum absolute atomic E-state index is 2.24. The molecule has 0 heterocycles. The molecule has 0 bridgehead atoms. The van der Waals surface area contributed by atoms with Gasteiger partial charge in [0.25, 0.3) is 0 Å². The minimum absolute atomic E-state index is 0.517. The molecule has 1 radical (unpaired) electrons. The average molecular weight is 273 g/mol. The first-order valence-electron chi connectivity index (χ1n) is 4.32. The van der Waals surface area contributed by atoms with E-state index in [0.717, 1.165) is 0 Å². The Labute approximate surface area is 88.8 Å². The van der Waals surface area contributed by atoms with Crippen molar-refractivity contribution in [3.8, 4) is 0 Å². The van der Waals surface area contributed by atoms with E-state index in [2.05, 4.69) is 60.7 Å². The zero-order valence-electron chi connectivity index (χ0n) is 7.27. The van der Waals surface area contributed by atoms with Gasteiger partial charge in [0, 0.05) is 0 Å². The molecule has 0 saturated heterocycles. The zero-order valence-corrected chi connectivity index (χ0v) is 10.1. The monoisotopic (exact) mass is 274 g/mol. The number of benzene rings is 2. The SMILES string of the molecule is c1cc[c]([Sn+][c]2ccccc2)cc1. The summed E-state index contributed by atoms with van der Waals surface area (Å²) in [5, 5.41) is 0. The predicted octanol–water partition coefficient (Wildman–Crippen LogP) is 1.34. The molecule has 0 amide bonds. The molecule has 13 heavy (non-hydrogen) atoms. The van der Waals surface area contributed by atoms with Crippen molar-refractivity contribution in [2.24, 2.45) is 0 Å². The van der Waals surface area contributed by atoms with E-state index in [1.165, 1.54) is 7.16 Å². The Balaban J connectivity index is 2.16. The minimum atomic E-state index is -0.517. The summed E-state index contributed by atoms with van der Waals surface area (Å²) in [5.74, 6) is 0. The molecule has 2 rings (SSSR count). The van der Waals surface area contributed by atoms with Gasteiger partial charge in [0.05, 0.1) is 0 Å². The van der Waals surface area contributed by atoms with Crippen LogP contribution in [-0.2, 0) is 0 Å². The molecule has 0 fully saturated rings. The van der Waals surface area contributed by atoms with Crippen LogP contribution in [0.3, 0.4) is 0 Å². The van der Waals surface area contributed by atoms with Crippen LogP contribution in [0.15, 0.2) is 60.7 Å². The molecule has 0 spiro atoms.